The zero-order valence-electron chi connectivity index (χ0n) is 32.1. The van der Waals surface area contributed by atoms with E-state index in [0.717, 1.165) is 84.0 Å². The Kier molecular flexibility index (Phi) is 8.59. The molecule has 0 unspecified atom stereocenters. The summed E-state index contributed by atoms with van der Waals surface area (Å²) in [6.07, 6.45) is 7.27. The van der Waals surface area contributed by atoms with Crippen molar-refractivity contribution in [1.29, 1.82) is 0 Å². The molecule has 0 saturated carbocycles. The fourth-order valence-electron chi connectivity index (χ4n) is 7.83. The zero-order valence-corrected chi connectivity index (χ0v) is 32.1. The predicted molar refractivity (Wildman–Crippen MR) is 237 cm³/mol. The molecule has 0 fully saturated rings. The number of rotatable bonds is 8. The van der Waals surface area contributed by atoms with E-state index in [0.29, 0.717) is 17.5 Å². The summed E-state index contributed by atoms with van der Waals surface area (Å²) in [6, 6.07) is 59.4. The maximum atomic E-state index is 5.22. The Balaban J connectivity index is 1.10. The number of benzene rings is 6. The van der Waals surface area contributed by atoms with Crippen LogP contribution in [-0.2, 0) is 0 Å². The Morgan fingerprint density at radius 2 is 0.767 bits per heavy atom. The molecule has 0 saturated heterocycles. The fraction of sp³-hybridized carbons (Fsp3) is 0. The summed E-state index contributed by atoms with van der Waals surface area (Å²) >= 11 is 0. The van der Waals surface area contributed by atoms with E-state index in [-0.39, 0.29) is 0 Å². The van der Waals surface area contributed by atoms with Crippen LogP contribution in [0.2, 0.25) is 0 Å². The van der Waals surface area contributed by atoms with Crippen molar-refractivity contribution in [3.05, 3.63) is 201 Å². The molecule has 0 aliphatic heterocycles. The quantitative estimate of drug-likeness (QED) is 0.152. The van der Waals surface area contributed by atoms with Crippen molar-refractivity contribution in [3.63, 3.8) is 0 Å². The van der Waals surface area contributed by atoms with Crippen molar-refractivity contribution in [3.8, 4) is 79.4 Å². The number of para-hydroxylation sites is 4. The van der Waals surface area contributed by atoms with Crippen LogP contribution in [0.15, 0.2) is 201 Å². The molecule has 0 radical (unpaired) electrons. The van der Waals surface area contributed by atoms with Crippen molar-refractivity contribution < 1.29 is 0 Å². The first kappa shape index (κ1) is 34.8. The van der Waals surface area contributed by atoms with E-state index in [4.69, 9.17) is 24.9 Å². The fourth-order valence-corrected chi connectivity index (χ4v) is 7.83. The van der Waals surface area contributed by atoms with Gasteiger partial charge in [0.2, 0.25) is 0 Å². The normalized spacial score (nSPS) is 11.3. The lowest BCUT2D eigenvalue weighted by molar-refractivity contribution is 1.07. The van der Waals surface area contributed by atoms with Gasteiger partial charge in [-0.3, -0.25) is 19.1 Å². The highest BCUT2D eigenvalue weighted by Crippen LogP contribution is 2.36. The zero-order chi connectivity index (χ0) is 39.8. The summed E-state index contributed by atoms with van der Waals surface area (Å²) in [5.41, 5.74) is 12.1. The summed E-state index contributed by atoms with van der Waals surface area (Å²) in [7, 11) is 0. The van der Waals surface area contributed by atoms with Gasteiger partial charge in [-0.1, -0.05) is 115 Å². The number of aromatic nitrogens is 9. The van der Waals surface area contributed by atoms with E-state index >= 15 is 0 Å². The van der Waals surface area contributed by atoms with Gasteiger partial charge in [-0.05, 0) is 71.8 Å². The molecule has 282 valence electrons. The monoisotopic (exact) mass is 771 g/mol. The van der Waals surface area contributed by atoms with Crippen LogP contribution in [0.5, 0.6) is 0 Å². The maximum Gasteiger partial charge on any atom is 0.164 e. The summed E-state index contributed by atoms with van der Waals surface area (Å²) in [6.45, 7) is 0. The molecular weight excluding hydrogens is 739 g/mol. The van der Waals surface area contributed by atoms with Gasteiger partial charge in [0.25, 0.3) is 0 Å². The van der Waals surface area contributed by atoms with Crippen LogP contribution in [0.4, 0.5) is 0 Å². The molecule has 0 amide bonds. The molecule has 5 aromatic heterocycles. The third-order valence-corrected chi connectivity index (χ3v) is 10.6. The Morgan fingerprint density at radius 1 is 0.317 bits per heavy atom. The van der Waals surface area contributed by atoms with Crippen LogP contribution in [0.1, 0.15) is 0 Å². The van der Waals surface area contributed by atoms with Gasteiger partial charge in [-0.25, -0.2) is 24.9 Å². The van der Waals surface area contributed by atoms with E-state index in [1.165, 1.54) is 0 Å². The average molecular weight is 772 g/mol. The number of imidazole rings is 2. The van der Waals surface area contributed by atoms with E-state index in [9.17, 15) is 0 Å². The largest absolute Gasteiger partial charge is 0.291 e. The first-order chi connectivity index (χ1) is 29.7. The predicted octanol–water partition coefficient (Wildman–Crippen LogP) is 11.3. The molecule has 5 heterocycles. The lowest BCUT2D eigenvalue weighted by atomic mass is 9.99. The molecule has 9 nitrogen and oxygen atoms in total. The van der Waals surface area contributed by atoms with Crippen LogP contribution < -0.4 is 0 Å². The first-order valence-corrected chi connectivity index (χ1v) is 19.6. The van der Waals surface area contributed by atoms with Crippen molar-refractivity contribution in [2.24, 2.45) is 0 Å². The summed E-state index contributed by atoms with van der Waals surface area (Å²) < 4.78 is 4.29. The topological polar surface area (TPSA) is 100 Å². The first-order valence-electron chi connectivity index (χ1n) is 19.6. The Morgan fingerprint density at radius 3 is 1.30 bits per heavy atom. The van der Waals surface area contributed by atoms with E-state index in [1.54, 1.807) is 12.4 Å². The summed E-state index contributed by atoms with van der Waals surface area (Å²) in [4.78, 5) is 34.8. The van der Waals surface area contributed by atoms with Gasteiger partial charge < -0.3 is 0 Å². The number of fused-ring (bicyclic) bond motifs is 2. The van der Waals surface area contributed by atoms with E-state index in [1.807, 2.05) is 128 Å². The Hall–Kier alpha value is -8.43. The van der Waals surface area contributed by atoms with Gasteiger partial charge in [0.1, 0.15) is 11.6 Å². The molecule has 60 heavy (non-hydrogen) atoms. The molecule has 11 aromatic rings. The second-order valence-corrected chi connectivity index (χ2v) is 14.3. The minimum atomic E-state index is 0.539. The molecule has 11 rings (SSSR count). The number of hydrogen-bond donors (Lipinski definition) is 0. The van der Waals surface area contributed by atoms with Gasteiger partial charge in [0.15, 0.2) is 17.5 Å². The van der Waals surface area contributed by atoms with Crippen LogP contribution >= 0.6 is 0 Å². The highest BCUT2D eigenvalue weighted by molar-refractivity contribution is 5.86. The highest BCUT2D eigenvalue weighted by atomic mass is 15.1. The summed E-state index contributed by atoms with van der Waals surface area (Å²) in [5, 5.41) is 0. The van der Waals surface area contributed by atoms with Gasteiger partial charge >= 0.3 is 0 Å². The third-order valence-electron chi connectivity index (χ3n) is 10.6. The Bertz CT molecular complexity index is 3140. The minimum absolute atomic E-state index is 0.539. The lowest BCUT2D eigenvalue weighted by Gasteiger charge is -2.13. The van der Waals surface area contributed by atoms with Gasteiger partial charge in [0, 0.05) is 40.2 Å². The molecule has 0 bridgehead atoms. The smallest absolute Gasteiger partial charge is 0.164 e. The van der Waals surface area contributed by atoms with Crippen LogP contribution in [0, 0.1) is 0 Å². The molecule has 0 N–H and O–H groups in total. The number of nitrogens with zero attached hydrogens (tertiary/aromatic N) is 9. The number of hydrogen-bond acceptors (Lipinski definition) is 7. The summed E-state index contributed by atoms with van der Waals surface area (Å²) in [5.74, 6) is 3.22. The van der Waals surface area contributed by atoms with Gasteiger partial charge in [0.05, 0.1) is 45.8 Å². The molecular formula is C51H33N9. The average Bonchev–Trinajstić information content (AvgIpc) is 3.92. The van der Waals surface area contributed by atoms with Crippen molar-refractivity contribution in [2.45, 2.75) is 0 Å². The minimum Gasteiger partial charge on any atom is -0.291 e. The standard InChI is InChI=1S/C51H33N9/c1-2-14-34(15-3-1)41-22-4-5-23-42(41)49-57-47(35-16-10-18-37(30-35)50-54-43-24-6-8-26-45(43)59(50)39-20-12-28-52-32-39)56-48(58-49)36-17-11-19-38(31-36)51-55-44-25-7-9-27-46(44)60(51)40-21-13-29-53-33-40/h1-33H. The molecule has 6 aromatic carbocycles. The van der Waals surface area contributed by atoms with Crippen molar-refractivity contribution in [2.75, 3.05) is 0 Å². The molecule has 0 spiro atoms. The van der Waals surface area contributed by atoms with Crippen LogP contribution in [-0.4, -0.2) is 44.0 Å². The molecule has 0 aliphatic rings. The van der Waals surface area contributed by atoms with E-state index < -0.39 is 0 Å². The van der Waals surface area contributed by atoms with Crippen molar-refractivity contribution >= 4 is 22.1 Å². The number of pyridine rings is 2. The molecule has 9 heteroatoms. The van der Waals surface area contributed by atoms with Gasteiger partial charge in [-0.2, -0.15) is 0 Å². The molecule has 0 atom stereocenters. The van der Waals surface area contributed by atoms with Crippen LogP contribution in [0.3, 0.4) is 0 Å². The maximum absolute atomic E-state index is 5.22. The third kappa shape index (κ3) is 6.27. The Labute approximate surface area is 345 Å². The van der Waals surface area contributed by atoms with E-state index in [2.05, 4.69) is 79.8 Å². The van der Waals surface area contributed by atoms with Crippen LogP contribution in [0.25, 0.3) is 102 Å². The SMILES string of the molecule is c1ccc(-c2ccccc2-c2nc(-c3cccc(-c4nc5ccccc5n4-c4cccnc4)c3)nc(-c3cccc(-c4nc5ccccc5n4-c4cccnc4)c3)n2)cc1. The second-order valence-electron chi connectivity index (χ2n) is 14.3. The van der Waals surface area contributed by atoms with Gasteiger partial charge in [-0.15, -0.1) is 0 Å². The van der Waals surface area contributed by atoms with Crippen molar-refractivity contribution in [1.82, 2.24) is 44.0 Å². The lowest BCUT2D eigenvalue weighted by Crippen LogP contribution is -2.02. The highest BCUT2D eigenvalue weighted by Gasteiger charge is 2.20. The molecule has 0 aliphatic carbocycles. The second kappa shape index (κ2) is 14.8.